The van der Waals surface area contributed by atoms with E-state index >= 15 is 0 Å². The molecule has 1 saturated heterocycles. The molecular weight excluding hydrogens is 244 g/mol. The Morgan fingerprint density at radius 2 is 2.37 bits per heavy atom. The lowest BCUT2D eigenvalue weighted by molar-refractivity contribution is -0.117. The Hall–Kier alpha value is -1.40. The number of hydrogen-bond donors (Lipinski definition) is 2. The van der Waals surface area contributed by atoms with Gasteiger partial charge in [0.15, 0.2) is 0 Å². The van der Waals surface area contributed by atoms with Crippen molar-refractivity contribution in [1.29, 1.82) is 0 Å². The van der Waals surface area contributed by atoms with Crippen molar-refractivity contribution in [3.63, 3.8) is 0 Å². The van der Waals surface area contributed by atoms with Crippen LogP contribution in [-0.2, 0) is 10.2 Å². The number of aromatic nitrogens is 1. The van der Waals surface area contributed by atoms with Crippen molar-refractivity contribution >= 4 is 11.8 Å². The van der Waals surface area contributed by atoms with E-state index in [0.717, 1.165) is 25.2 Å². The Bertz CT molecular complexity index is 450. The van der Waals surface area contributed by atoms with Crippen LogP contribution in [0.5, 0.6) is 0 Å². The minimum atomic E-state index is -0.0919. The molecule has 0 bridgehead atoms. The molecule has 6 heteroatoms. The summed E-state index contributed by atoms with van der Waals surface area (Å²) in [7, 11) is 0. The number of hydrogen-bond acceptors (Lipinski definition) is 5. The summed E-state index contributed by atoms with van der Waals surface area (Å²) < 4.78 is 5.12. The normalized spacial score (nSPS) is 20.7. The van der Waals surface area contributed by atoms with Crippen LogP contribution >= 0.6 is 0 Å². The monoisotopic (exact) mass is 266 g/mol. The number of nitrogens with one attached hydrogen (secondary N) is 1. The van der Waals surface area contributed by atoms with E-state index in [1.165, 1.54) is 0 Å². The maximum Gasteiger partial charge on any atom is 0.240 e. The quantitative estimate of drug-likeness (QED) is 0.850. The molecule has 1 aromatic heterocycles. The molecule has 19 heavy (non-hydrogen) atoms. The minimum absolute atomic E-state index is 0.0891. The Kier molecular flexibility index (Phi) is 3.91. The molecule has 2 rings (SSSR count). The van der Waals surface area contributed by atoms with Gasteiger partial charge in [-0.15, -0.1) is 0 Å². The topological polar surface area (TPSA) is 84.4 Å². The first-order valence-electron chi connectivity index (χ1n) is 6.59. The minimum Gasteiger partial charge on any atom is -0.338 e. The third-order valence-corrected chi connectivity index (χ3v) is 3.22. The lowest BCUT2D eigenvalue weighted by Gasteiger charge is -2.13. The highest BCUT2D eigenvalue weighted by molar-refractivity contribution is 5.91. The smallest absolute Gasteiger partial charge is 0.240 e. The van der Waals surface area contributed by atoms with Crippen molar-refractivity contribution < 1.29 is 9.32 Å². The molecule has 1 aliphatic rings. The predicted molar refractivity (Wildman–Crippen MR) is 72.9 cm³/mol. The molecule has 6 nitrogen and oxygen atoms in total. The number of carbonyl (C=O) groups excluding carboxylic acids is 1. The Balaban J connectivity index is 1.87. The van der Waals surface area contributed by atoms with Crippen LogP contribution in [0, 0.1) is 0 Å². The van der Waals surface area contributed by atoms with E-state index in [-0.39, 0.29) is 17.4 Å². The van der Waals surface area contributed by atoms with E-state index in [0.29, 0.717) is 12.4 Å². The van der Waals surface area contributed by atoms with Crippen molar-refractivity contribution in [2.45, 2.75) is 38.6 Å². The van der Waals surface area contributed by atoms with Crippen molar-refractivity contribution in [2.24, 2.45) is 5.73 Å². The molecule has 1 atom stereocenters. The molecule has 0 saturated carbocycles. The molecule has 0 aliphatic carbocycles. The first kappa shape index (κ1) is 14.0. The van der Waals surface area contributed by atoms with Gasteiger partial charge in [-0.25, -0.2) is 0 Å². The summed E-state index contributed by atoms with van der Waals surface area (Å²) in [4.78, 5) is 13.9. The summed E-state index contributed by atoms with van der Waals surface area (Å²) in [5.41, 5.74) is 6.54. The second-order valence-corrected chi connectivity index (χ2v) is 6.16. The maximum absolute atomic E-state index is 11.9. The molecule has 3 N–H and O–H groups in total. The number of nitrogens with two attached hydrogens (primary N) is 1. The summed E-state index contributed by atoms with van der Waals surface area (Å²) in [6.45, 7) is 8.13. The summed E-state index contributed by atoms with van der Waals surface area (Å²) >= 11 is 0. The van der Waals surface area contributed by atoms with E-state index in [9.17, 15) is 4.79 Å². The fourth-order valence-corrected chi connectivity index (χ4v) is 2.07. The van der Waals surface area contributed by atoms with Gasteiger partial charge in [0.1, 0.15) is 0 Å². The zero-order chi connectivity index (χ0) is 14.0. The molecule has 0 unspecified atom stereocenters. The van der Waals surface area contributed by atoms with Crippen LogP contribution < -0.4 is 11.1 Å². The van der Waals surface area contributed by atoms with Crippen LogP contribution in [-0.4, -0.2) is 41.6 Å². The molecule has 1 fully saturated rings. The predicted octanol–water partition coefficient (Wildman–Crippen LogP) is 0.944. The van der Waals surface area contributed by atoms with E-state index in [2.05, 4.69) is 10.5 Å². The highest BCUT2D eigenvalue weighted by atomic mass is 16.5. The fourth-order valence-electron chi connectivity index (χ4n) is 2.07. The molecule has 0 aromatic carbocycles. The van der Waals surface area contributed by atoms with Gasteiger partial charge in [0.05, 0.1) is 12.2 Å². The van der Waals surface area contributed by atoms with Crippen molar-refractivity contribution in [2.75, 3.05) is 25.0 Å². The first-order valence-corrected chi connectivity index (χ1v) is 6.59. The molecule has 1 aromatic rings. The zero-order valence-corrected chi connectivity index (χ0v) is 11.8. The lowest BCUT2D eigenvalue weighted by atomic mass is 9.92. The molecular formula is C13H22N4O2. The highest BCUT2D eigenvalue weighted by Gasteiger charge is 2.23. The molecule has 1 aliphatic heterocycles. The standard InChI is InChI=1S/C13H22N4O2/c1-13(2,3)10-6-12(19-16-10)15-11(18)8-17-5-4-9(14)7-17/h6,9H,4-5,7-8,14H2,1-3H3,(H,15,18)/t9-/m1/s1. The van der Waals surface area contributed by atoms with Crippen LogP contribution in [0.3, 0.4) is 0 Å². The van der Waals surface area contributed by atoms with Gasteiger partial charge >= 0.3 is 0 Å². The molecule has 106 valence electrons. The van der Waals surface area contributed by atoms with Gasteiger partial charge < -0.3 is 10.3 Å². The SMILES string of the molecule is CC(C)(C)c1cc(NC(=O)CN2CC[C@@H](N)C2)on1. The summed E-state index contributed by atoms with van der Waals surface area (Å²) in [5.74, 6) is 0.309. The summed E-state index contributed by atoms with van der Waals surface area (Å²) in [6, 6.07) is 1.96. The van der Waals surface area contributed by atoms with E-state index in [1.54, 1.807) is 6.07 Å². The zero-order valence-electron chi connectivity index (χ0n) is 11.8. The third kappa shape index (κ3) is 3.78. The van der Waals surface area contributed by atoms with Crippen molar-refractivity contribution in [1.82, 2.24) is 10.1 Å². The van der Waals surface area contributed by atoms with Gasteiger partial charge in [0.2, 0.25) is 11.8 Å². The Morgan fingerprint density at radius 1 is 1.63 bits per heavy atom. The van der Waals surface area contributed by atoms with Crippen LogP contribution in [0.4, 0.5) is 5.88 Å². The maximum atomic E-state index is 11.9. The van der Waals surface area contributed by atoms with Crippen LogP contribution in [0.2, 0.25) is 0 Å². The average Bonchev–Trinajstić information content (AvgIpc) is 2.87. The van der Waals surface area contributed by atoms with Gasteiger partial charge in [-0.05, 0) is 6.42 Å². The molecule has 2 heterocycles. The van der Waals surface area contributed by atoms with Gasteiger partial charge in [0, 0.05) is 30.6 Å². The third-order valence-electron chi connectivity index (χ3n) is 3.22. The number of nitrogens with zero attached hydrogens (tertiary/aromatic N) is 2. The molecule has 0 spiro atoms. The number of amides is 1. The Morgan fingerprint density at radius 3 is 2.89 bits per heavy atom. The first-order chi connectivity index (χ1) is 8.84. The van der Waals surface area contributed by atoms with Crippen LogP contribution in [0.1, 0.15) is 32.9 Å². The van der Waals surface area contributed by atoms with E-state index < -0.39 is 0 Å². The number of rotatable bonds is 3. The fraction of sp³-hybridized carbons (Fsp3) is 0.692. The van der Waals surface area contributed by atoms with Gasteiger partial charge in [-0.3, -0.25) is 15.0 Å². The van der Waals surface area contributed by atoms with E-state index in [4.69, 9.17) is 10.3 Å². The van der Waals surface area contributed by atoms with Crippen LogP contribution in [0.15, 0.2) is 10.6 Å². The summed E-state index contributed by atoms with van der Waals surface area (Å²) in [6.07, 6.45) is 0.948. The lowest BCUT2D eigenvalue weighted by Crippen LogP contribution is -2.33. The summed E-state index contributed by atoms with van der Waals surface area (Å²) in [5, 5.41) is 6.69. The van der Waals surface area contributed by atoms with E-state index in [1.807, 2.05) is 25.7 Å². The second kappa shape index (κ2) is 5.30. The van der Waals surface area contributed by atoms with Crippen molar-refractivity contribution in [3.05, 3.63) is 11.8 Å². The highest BCUT2D eigenvalue weighted by Crippen LogP contribution is 2.23. The van der Waals surface area contributed by atoms with Crippen molar-refractivity contribution in [3.8, 4) is 0 Å². The largest absolute Gasteiger partial charge is 0.338 e. The molecule has 1 amide bonds. The van der Waals surface area contributed by atoms with Gasteiger partial charge in [-0.1, -0.05) is 25.9 Å². The Labute approximate surface area is 113 Å². The second-order valence-electron chi connectivity index (χ2n) is 6.16. The van der Waals surface area contributed by atoms with Gasteiger partial charge in [0.25, 0.3) is 0 Å². The average molecular weight is 266 g/mol. The number of anilines is 1. The number of carbonyl (C=O) groups is 1. The van der Waals surface area contributed by atoms with Gasteiger partial charge in [-0.2, -0.15) is 0 Å². The van der Waals surface area contributed by atoms with Crippen LogP contribution in [0.25, 0.3) is 0 Å². The number of likely N-dealkylation sites (tertiary alicyclic amines) is 1. The molecule has 0 radical (unpaired) electrons.